The lowest BCUT2D eigenvalue weighted by atomic mass is 10.4. The van der Waals surface area contributed by atoms with Gasteiger partial charge in [-0.3, -0.25) is 4.57 Å². The zero-order valence-corrected chi connectivity index (χ0v) is 7.40. The number of allylic oxidation sites excluding steroid dienone is 1. The van der Waals surface area contributed by atoms with E-state index in [-0.39, 0.29) is 0 Å². The Balaban J connectivity index is 3.06. The molecule has 3 N–H and O–H groups in total. The fraction of sp³-hybridized carbons (Fsp3) is 0. The molecule has 0 atom stereocenters. The Labute approximate surface area is 74.5 Å². The number of nitriles is 1. The molecule has 0 amide bonds. The number of nitrogens with zero attached hydrogens (tertiary/aromatic N) is 1. The molecule has 1 aromatic heterocycles. The monoisotopic (exact) mass is 198 g/mol. The second-order valence-corrected chi connectivity index (χ2v) is 3.88. The fourth-order valence-corrected chi connectivity index (χ4v) is 1.20. The smallest absolute Gasteiger partial charge is 0.362 e. The number of hydrogen-bond donors (Lipinski definition) is 3. The highest BCUT2D eigenvalue weighted by atomic mass is 31.2. The Morgan fingerprint density at radius 1 is 1.69 bits per heavy atom. The number of nitrogens with one attached hydrogen (secondary N) is 1. The van der Waals surface area contributed by atoms with Gasteiger partial charge in [-0.15, -0.1) is 0 Å². The van der Waals surface area contributed by atoms with Crippen molar-refractivity contribution in [2.45, 2.75) is 0 Å². The van der Waals surface area contributed by atoms with Gasteiger partial charge in [-0.05, 0) is 18.2 Å². The first-order chi connectivity index (χ1) is 6.04. The topological polar surface area (TPSA) is 97.1 Å². The van der Waals surface area contributed by atoms with E-state index >= 15 is 0 Å². The third-order valence-corrected chi connectivity index (χ3v) is 2.20. The first-order valence-corrected chi connectivity index (χ1v) is 4.96. The summed E-state index contributed by atoms with van der Waals surface area (Å²) < 4.78 is 10.7. The van der Waals surface area contributed by atoms with Gasteiger partial charge in [-0.25, -0.2) is 0 Å². The summed E-state index contributed by atoms with van der Waals surface area (Å²) in [4.78, 5) is 20.1. The quantitative estimate of drug-likeness (QED) is 0.488. The fourth-order valence-electron chi connectivity index (χ4n) is 0.763. The molecule has 1 heterocycles. The molecule has 13 heavy (non-hydrogen) atoms. The number of aromatic amines is 1. The Kier molecular flexibility index (Phi) is 2.69. The van der Waals surface area contributed by atoms with Crippen LogP contribution in [0.5, 0.6) is 0 Å². The van der Waals surface area contributed by atoms with Crippen molar-refractivity contribution in [1.82, 2.24) is 4.98 Å². The van der Waals surface area contributed by atoms with Gasteiger partial charge in [-0.2, -0.15) is 5.26 Å². The van der Waals surface area contributed by atoms with E-state index in [4.69, 9.17) is 15.0 Å². The highest BCUT2D eigenvalue weighted by Gasteiger charge is 2.20. The molecule has 6 heteroatoms. The van der Waals surface area contributed by atoms with E-state index in [1.54, 1.807) is 18.3 Å². The standard InChI is InChI=1S/C7H7N2O3P/c8-5-7(13(10,11)12)4-6-2-1-3-9-6/h1-4,9H,(H2,10,11,12)/b7-4-. The van der Waals surface area contributed by atoms with Gasteiger partial charge in [0.25, 0.3) is 0 Å². The summed E-state index contributed by atoms with van der Waals surface area (Å²) in [6.45, 7) is 0. The average Bonchev–Trinajstić information content (AvgIpc) is 2.49. The lowest BCUT2D eigenvalue weighted by molar-refractivity contribution is 0.384. The van der Waals surface area contributed by atoms with Gasteiger partial charge in [0.1, 0.15) is 11.4 Å². The zero-order valence-electron chi connectivity index (χ0n) is 6.51. The van der Waals surface area contributed by atoms with Crippen LogP contribution in [0.4, 0.5) is 0 Å². The van der Waals surface area contributed by atoms with E-state index in [9.17, 15) is 4.57 Å². The van der Waals surface area contributed by atoms with E-state index in [2.05, 4.69) is 4.98 Å². The minimum absolute atomic E-state index is 0.486. The number of H-pyrrole nitrogens is 1. The van der Waals surface area contributed by atoms with Crippen molar-refractivity contribution in [3.05, 3.63) is 29.3 Å². The Bertz CT molecular complexity index is 396. The predicted molar refractivity (Wildman–Crippen MR) is 46.4 cm³/mol. The molecular weight excluding hydrogens is 191 g/mol. The van der Waals surface area contributed by atoms with Crippen LogP contribution in [0.1, 0.15) is 5.69 Å². The highest BCUT2D eigenvalue weighted by molar-refractivity contribution is 7.57. The van der Waals surface area contributed by atoms with Gasteiger partial charge in [0.2, 0.25) is 0 Å². The van der Waals surface area contributed by atoms with Gasteiger partial charge in [0, 0.05) is 11.9 Å². The molecule has 0 aliphatic rings. The zero-order chi connectivity index (χ0) is 9.90. The Morgan fingerprint density at radius 3 is 2.77 bits per heavy atom. The van der Waals surface area contributed by atoms with Crippen molar-refractivity contribution >= 4 is 13.7 Å². The van der Waals surface area contributed by atoms with E-state index < -0.39 is 12.9 Å². The van der Waals surface area contributed by atoms with Gasteiger partial charge >= 0.3 is 7.60 Å². The van der Waals surface area contributed by atoms with Crippen LogP contribution in [0, 0.1) is 11.3 Å². The van der Waals surface area contributed by atoms with E-state index in [0.717, 1.165) is 6.08 Å². The number of hydrogen-bond acceptors (Lipinski definition) is 2. The maximum Gasteiger partial charge on any atom is 0.366 e. The molecule has 0 aliphatic heterocycles. The summed E-state index contributed by atoms with van der Waals surface area (Å²) in [5.41, 5.74) is 0.486. The molecule has 1 aromatic rings. The predicted octanol–water partition coefficient (Wildman–Crippen LogP) is 1.06. The molecule has 0 saturated carbocycles. The van der Waals surface area contributed by atoms with Crippen molar-refractivity contribution in [3.8, 4) is 6.07 Å². The second-order valence-electron chi connectivity index (χ2n) is 2.31. The SMILES string of the molecule is N#C/C(=C/c1ccc[nH]1)P(=O)(O)O. The normalized spacial score (nSPS) is 12.5. The molecular formula is C7H7N2O3P. The summed E-state index contributed by atoms with van der Waals surface area (Å²) in [6, 6.07) is 4.73. The van der Waals surface area contributed by atoms with Crippen LogP contribution in [-0.4, -0.2) is 14.8 Å². The van der Waals surface area contributed by atoms with Crippen molar-refractivity contribution in [2.75, 3.05) is 0 Å². The summed E-state index contributed by atoms with van der Waals surface area (Å²) in [5.74, 6) is 0. The maximum atomic E-state index is 10.7. The van der Waals surface area contributed by atoms with Crippen molar-refractivity contribution in [1.29, 1.82) is 5.26 Å². The first-order valence-electron chi connectivity index (χ1n) is 3.35. The molecule has 0 spiro atoms. The minimum atomic E-state index is -4.44. The molecule has 0 aromatic carbocycles. The molecule has 0 radical (unpaired) electrons. The molecule has 0 unspecified atom stereocenters. The lowest BCUT2D eigenvalue weighted by Crippen LogP contribution is -1.82. The van der Waals surface area contributed by atoms with Gasteiger partial charge in [-0.1, -0.05) is 0 Å². The van der Waals surface area contributed by atoms with Gasteiger partial charge < -0.3 is 14.8 Å². The maximum absolute atomic E-state index is 10.7. The lowest BCUT2D eigenvalue weighted by Gasteiger charge is -1.99. The number of rotatable bonds is 2. The van der Waals surface area contributed by atoms with Crippen LogP contribution >= 0.6 is 7.60 Å². The molecule has 5 nitrogen and oxygen atoms in total. The number of aromatic nitrogens is 1. The van der Waals surface area contributed by atoms with E-state index in [0.29, 0.717) is 5.69 Å². The molecule has 0 aliphatic carbocycles. The van der Waals surface area contributed by atoms with E-state index in [1.165, 1.54) is 6.07 Å². The van der Waals surface area contributed by atoms with Crippen LogP contribution in [-0.2, 0) is 4.57 Å². The van der Waals surface area contributed by atoms with Gasteiger partial charge in [0.05, 0.1) is 0 Å². The Morgan fingerprint density at radius 2 is 2.38 bits per heavy atom. The molecule has 68 valence electrons. The third-order valence-electron chi connectivity index (χ3n) is 1.34. The first kappa shape index (κ1) is 9.75. The van der Waals surface area contributed by atoms with Crippen molar-refractivity contribution < 1.29 is 14.4 Å². The summed E-state index contributed by atoms with van der Waals surface area (Å²) in [6.07, 6.45) is 2.72. The largest absolute Gasteiger partial charge is 0.366 e. The van der Waals surface area contributed by atoms with Crippen molar-refractivity contribution in [3.63, 3.8) is 0 Å². The second kappa shape index (κ2) is 3.58. The minimum Gasteiger partial charge on any atom is -0.362 e. The molecule has 0 bridgehead atoms. The molecule has 1 rings (SSSR count). The van der Waals surface area contributed by atoms with E-state index in [1.807, 2.05) is 0 Å². The molecule has 0 saturated heterocycles. The van der Waals surface area contributed by atoms with Crippen molar-refractivity contribution in [2.24, 2.45) is 0 Å². The average molecular weight is 198 g/mol. The summed E-state index contributed by atoms with van der Waals surface area (Å²) >= 11 is 0. The van der Waals surface area contributed by atoms with Crippen LogP contribution < -0.4 is 0 Å². The summed E-state index contributed by atoms with van der Waals surface area (Å²) in [5, 5.41) is 7.89. The van der Waals surface area contributed by atoms with Crippen LogP contribution in [0.3, 0.4) is 0 Å². The van der Waals surface area contributed by atoms with Crippen LogP contribution in [0.25, 0.3) is 6.08 Å². The highest BCUT2D eigenvalue weighted by Crippen LogP contribution is 2.44. The van der Waals surface area contributed by atoms with Crippen LogP contribution in [0.2, 0.25) is 0 Å². The third kappa shape index (κ3) is 2.56. The van der Waals surface area contributed by atoms with Gasteiger partial charge in [0.15, 0.2) is 0 Å². The Hall–Kier alpha value is -1.34. The molecule has 0 fully saturated rings. The summed E-state index contributed by atoms with van der Waals surface area (Å²) in [7, 11) is -4.44. The van der Waals surface area contributed by atoms with Crippen LogP contribution in [0.15, 0.2) is 23.6 Å².